The van der Waals surface area contributed by atoms with Crippen molar-refractivity contribution in [3.63, 3.8) is 0 Å². The summed E-state index contributed by atoms with van der Waals surface area (Å²) in [5.74, 6) is 0.844. The summed E-state index contributed by atoms with van der Waals surface area (Å²) in [5.41, 5.74) is -0.232. The number of aromatic nitrogens is 2. The highest BCUT2D eigenvalue weighted by Crippen LogP contribution is 2.03. The number of likely N-dealkylation sites (N-methyl/N-ethyl adjacent to an activating group) is 1. The third-order valence-electron chi connectivity index (χ3n) is 2.25. The van der Waals surface area contributed by atoms with E-state index in [1.807, 2.05) is 0 Å². The highest BCUT2D eigenvalue weighted by molar-refractivity contribution is 5.80. The summed E-state index contributed by atoms with van der Waals surface area (Å²) in [6, 6.07) is 1.36. The molecule has 0 aromatic carbocycles. The largest absolute Gasteiger partial charge is 0.383 e. The van der Waals surface area contributed by atoms with Gasteiger partial charge in [-0.05, 0) is 6.92 Å². The molecule has 1 aromatic rings. The molecule has 0 fully saturated rings. The molecular formula is C11H18N4O3. The van der Waals surface area contributed by atoms with Crippen LogP contribution in [0.25, 0.3) is 0 Å². The lowest BCUT2D eigenvalue weighted by atomic mass is 10.4. The molecule has 0 atom stereocenters. The van der Waals surface area contributed by atoms with Crippen molar-refractivity contribution in [2.45, 2.75) is 6.92 Å². The van der Waals surface area contributed by atoms with Crippen LogP contribution in [-0.4, -0.2) is 49.7 Å². The van der Waals surface area contributed by atoms with Gasteiger partial charge in [0.15, 0.2) is 0 Å². The highest BCUT2D eigenvalue weighted by atomic mass is 16.5. The first-order valence-corrected chi connectivity index (χ1v) is 5.57. The molecule has 0 radical (unpaired) electrons. The Morgan fingerprint density at radius 3 is 2.94 bits per heavy atom. The lowest BCUT2D eigenvalue weighted by Crippen LogP contribution is -2.37. The van der Waals surface area contributed by atoms with E-state index in [4.69, 9.17) is 4.74 Å². The summed E-state index contributed by atoms with van der Waals surface area (Å²) in [5, 5.41) is 2.69. The molecule has 2 N–H and O–H groups in total. The molecule has 18 heavy (non-hydrogen) atoms. The monoisotopic (exact) mass is 254 g/mol. The maximum atomic E-state index is 11.5. The molecule has 0 saturated carbocycles. The van der Waals surface area contributed by atoms with Gasteiger partial charge in [0.2, 0.25) is 5.91 Å². The Balaban J connectivity index is 2.56. The number of nitrogens with one attached hydrogen (secondary N) is 2. The Morgan fingerprint density at radius 2 is 2.33 bits per heavy atom. The second kappa shape index (κ2) is 6.75. The normalized spacial score (nSPS) is 10.2. The summed E-state index contributed by atoms with van der Waals surface area (Å²) >= 11 is 0. The topological polar surface area (TPSA) is 87.3 Å². The minimum absolute atomic E-state index is 0.138. The Labute approximate surface area is 105 Å². The van der Waals surface area contributed by atoms with E-state index in [9.17, 15) is 9.59 Å². The van der Waals surface area contributed by atoms with Gasteiger partial charge in [0.05, 0.1) is 13.2 Å². The van der Waals surface area contributed by atoms with Crippen LogP contribution in [-0.2, 0) is 9.53 Å². The van der Waals surface area contributed by atoms with Crippen LogP contribution >= 0.6 is 0 Å². The third-order valence-corrected chi connectivity index (χ3v) is 2.25. The average molecular weight is 254 g/mol. The van der Waals surface area contributed by atoms with Crippen LogP contribution in [0.4, 0.5) is 5.82 Å². The number of carbonyl (C=O) groups excluding carboxylic acids is 1. The van der Waals surface area contributed by atoms with E-state index >= 15 is 0 Å². The quantitative estimate of drug-likeness (QED) is 0.654. The van der Waals surface area contributed by atoms with Gasteiger partial charge in [0.25, 0.3) is 5.56 Å². The first kappa shape index (κ1) is 14.2. The van der Waals surface area contributed by atoms with Crippen LogP contribution in [0.3, 0.4) is 0 Å². The lowest BCUT2D eigenvalue weighted by molar-refractivity contribution is -0.119. The third kappa shape index (κ3) is 4.54. The summed E-state index contributed by atoms with van der Waals surface area (Å²) < 4.78 is 4.83. The molecule has 1 aromatic heterocycles. The number of ether oxygens (including phenoxy) is 1. The second-order valence-electron chi connectivity index (χ2n) is 3.89. The van der Waals surface area contributed by atoms with Gasteiger partial charge >= 0.3 is 0 Å². The first-order chi connectivity index (χ1) is 8.52. The van der Waals surface area contributed by atoms with E-state index < -0.39 is 0 Å². The minimum atomic E-state index is -0.232. The molecule has 0 bridgehead atoms. The van der Waals surface area contributed by atoms with Crippen LogP contribution < -0.4 is 15.8 Å². The van der Waals surface area contributed by atoms with Crippen LogP contribution in [0.15, 0.2) is 10.9 Å². The first-order valence-electron chi connectivity index (χ1n) is 5.57. The van der Waals surface area contributed by atoms with Crippen molar-refractivity contribution < 1.29 is 9.53 Å². The van der Waals surface area contributed by atoms with Crippen molar-refractivity contribution >= 4 is 11.7 Å². The summed E-state index contributed by atoms with van der Waals surface area (Å²) in [4.78, 5) is 31.1. The second-order valence-corrected chi connectivity index (χ2v) is 3.89. The number of rotatable bonds is 6. The van der Waals surface area contributed by atoms with Crippen LogP contribution in [0.2, 0.25) is 0 Å². The molecule has 1 amide bonds. The van der Waals surface area contributed by atoms with E-state index in [-0.39, 0.29) is 18.0 Å². The van der Waals surface area contributed by atoms with E-state index in [2.05, 4.69) is 15.3 Å². The zero-order valence-electron chi connectivity index (χ0n) is 10.8. The number of anilines is 1. The number of aryl methyl sites for hydroxylation is 1. The van der Waals surface area contributed by atoms with Gasteiger partial charge in [-0.1, -0.05) is 0 Å². The summed E-state index contributed by atoms with van der Waals surface area (Å²) in [7, 11) is 3.28. The SMILES string of the molecule is COCCNC(=O)CN(C)c1cc(=O)[nH]c(C)n1. The van der Waals surface area contributed by atoms with Crippen LogP contribution in [0.1, 0.15) is 5.82 Å². The van der Waals surface area contributed by atoms with Gasteiger partial charge in [-0.2, -0.15) is 0 Å². The van der Waals surface area contributed by atoms with Gasteiger partial charge in [0, 0.05) is 26.8 Å². The van der Waals surface area contributed by atoms with Gasteiger partial charge in [0.1, 0.15) is 11.6 Å². The van der Waals surface area contributed by atoms with Crippen molar-refractivity contribution in [1.29, 1.82) is 0 Å². The maximum Gasteiger partial charge on any atom is 0.252 e. The number of H-pyrrole nitrogens is 1. The molecule has 0 saturated heterocycles. The Morgan fingerprint density at radius 1 is 1.61 bits per heavy atom. The number of methoxy groups -OCH3 is 1. The predicted octanol–water partition coefficient (Wildman–Crippen LogP) is -0.723. The molecule has 0 aliphatic carbocycles. The van der Waals surface area contributed by atoms with E-state index in [0.717, 1.165) is 0 Å². The van der Waals surface area contributed by atoms with Gasteiger partial charge in [-0.3, -0.25) is 9.59 Å². The maximum absolute atomic E-state index is 11.5. The van der Waals surface area contributed by atoms with Crippen molar-refractivity contribution in [2.24, 2.45) is 0 Å². The summed E-state index contributed by atoms with van der Waals surface area (Å²) in [6.45, 7) is 2.76. The van der Waals surface area contributed by atoms with E-state index in [0.29, 0.717) is 24.8 Å². The molecular weight excluding hydrogens is 236 g/mol. The van der Waals surface area contributed by atoms with E-state index in [1.165, 1.54) is 6.07 Å². The van der Waals surface area contributed by atoms with Crippen molar-refractivity contribution in [2.75, 3.05) is 38.8 Å². The number of hydrogen-bond donors (Lipinski definition) is 2. The van der Waals surface area contributed by atoms with Crippen LogP contribution in [0, 0.1) is 6.92 Å². The number of carbonyl (C=O) groups is 1. The Hall–Kier alpha value is -1.89. The fourth-order valence-corrected chi connectivity index (χ4v) is 1.40. The molecule has 7 heteroatoms. The average Bonchev–Trinajstić information content (AvgIpc) is 2.28. The highest BCUT2D eigenvalue weighted by Gasteiger charge is 2.09. The zero-order valence-corrected chi connectivity index (χ0v) is 10.8. The number of nitrogens with zero attached hydrogens (tertiary/aromatic N) is 2. The van der Waals surface area contributed by atoms with Gasteiger partial charge < -0.3 is 19.9 Å². The molecule has 0 spiro atoms. The smallest absolute Gasteiger partial charge is 0.252 e. The fraction of sp³-hybridized carbons (Fsp3) is 0.545. The molecule has 0 aliphatic heterocycles. The predicted molar refractivity (Wildman–Crippen MR) is 67.8 cm³/mol. The molecule has 1 heterocycles. The lowest BCUT2D eigenvalue weighted by Gasteiger charge is -2.17. The van der Waals surface area contributed by atoms with E-state index in [1.54, 1.807) is 26.0 Å². The molecule has 100 valence electrons. The Bertz CT molecular complexity index is 458. The number of amides is 1. The van der Waals surface area contributed by atoms with Crippen molar-refractivity contribution in [3.05, 3.63) is 22.2 Å². The fourth-order valence-electron chi connectivity index (χ4n) is 1.40. The molecule has 0 aliphatic rings. The standard InChI is InChI=1S/C11H18N4O3/c1-8-13-9(6-10(16)14-8)15(2)7-11(17)12-4-5-18-3/h6H,4-5,7H2,1-3H3,(H,12,17)(H,13,14,16). The van der Waals surface area contributed by atoms with Gasteiger partial charge in [-0.25, -0.2) is 4.98 Å². The molecule has 1 rings (SSSR count). The summed E-state index contributed by atoms with van der Waals surface area (Å²) in [6.07, 6.45) is 0. The van der Waals surface area contributed by atoms with Crippen LogP contribution in [0.5, 0.6) is 0 Å². The molecule has 7 nitrogen and oxygen atoms in total. The Kier molecular flexibility index (Phi) is 5.31. The van der Waals surface area contributed by atoms with Gasteiger partial charge in [-0.15, -0.1) is 0 Å². The minimum Gasteiger partial charge on any atom is -0.383 e. The van der Waals surface area contributed by atoms with Crippen molar-refractivity contribution in [3.8, 4) is 0 Å². The molecule has 0 unspecified atom stereocenters. The zero-order chi connectivity index (χ0) is 13.5. The number of aromatic amines is 1. The number of hydrogen-bond acceptors (Lipinski definition) is 5. The van der Waals surface area contributed by atoms with Crippen molar-refractivity contribution in [1.82, 2.24) is 15.3 Å².